The van der Waals surface area contributed by atoms with Crippen molar-refractivity contribution in [3.05, 3.63) is 0 Å². The number of hydrogen-bond acceptors (Lipinski definition) is 4. The second kappa shape index (κ2) is 7.45. The molecule has 1 atom stereocenters. The van der Waals surface area contributed by atoms with Gasteiger partial charge in [-0.2, -0.15) is 0 Å². The van der Waals surface area contributed by atoms with Gasteiger partial charge in [-0.25, -0.2) is 0 Å². The molecule has 1 heterocycles. The smallest absolute Gasteiger partial charge is 0.305 e. The van der Waals surface area contributed by atoms with Crippen LogP contribution in [0.15, 0.2) is 0 Å². The number of carboxylic acids is 1. The van der Waals surface area contributed by atoms with Crippen LogP contribution in [-0.2, 0) is 9.59 Å². The molecule has 19 heavy (non-hydrogen) atoms. The maximum atomic E-state index is 11.9. The van der Waals surface area contributed by atoms with E-state index < -0.39 is 5.97 Å². The first-order valence-corrected chi connectivity index (χ1v) is 6.87. The highest BCUT2D eigenvalue weighted by atomic mass is 16.4. The average Bonchev–Trinajstić information content (AvgIpc) is 2.30. The molecular weight excluding hydrogens is 246 g/mol. The minimum Gasteiger partial charge on any atom is -0.481 e. The first kappa shape index (κ1) is 15.9. The molecule has 1 aliphatic rings. The molecule has 6 nitrogen and oxygen atoms in total. The summed E-state index contributed by atoms with van der Waals surface area (Å²) in [6.07, 6.45) is 1.79. The standard InChI is InChI=1S/C13H25N3O3/c1-9(2)11(7-13(18)19)15-12(17)8-16-5-3-10(14)4-6-16/h9-11H,3-8,14H2,1-2H3,(H,15,17)(H,18,19). The van der Waals surface area contributed by atoms with Crippen LogP contribution in [-0.4, -0.2) is 53.6 Å². The Bertz CT molecular complexity index is 312. The zero-order chi connectivity index (χ0) is 14.4. The maximum absolute atomic E-state index is 11.9. The number of likely N-dealkylation sites (tertiary alicyclic amines) is 1. The monoisotopic (exact) mass is 271 g/mol. The molecule has 1 rings (SSSR count). The van der Waals surface area contributed by atoms with E-state index in [4.69, 9.17) is 10.8 Å². The Morgan fingerprint density at radius 3 is 2.42 bits per heavy atom. The predicted molar refractivity (Wildman–Crippen MR) is 72.7 cm³/mol. The van der Waals surface area contributed by atoms with Gasteiger partial charge in [-0.05, 0) is 18.8 Å². The fourth-order valence-corrected chi connectivity index (χ4v) is 2.21. The summed E-state index contributed by atoms with van der Waals surface area (Å²) in [7, 11) is 0. The van der Waals surface area contributed by atoms with Gasteiger partial charge in [0.15, 0.2) is 0 Å². The highest BCUT2D eigenvalue weighted by Crippen LogP contribution is 2.09. The molecule has 0 aromatic heterocycles. The summed E-state index contributed by atoms with van der Waals surface area (Å²) in [5, 5.41) is 11.6. The Morgan fingerprint density at radius 2 is 1.95 bits per heavy atom. The van der Waals surface area contributed by atoms with E-state index in [1.165, 1.54) is 0 Å². The number of rotatable bonds is 6. The van der Waals surface area contributed by atoms with E-state index in [2.05, 4.69) is 10.2 Å². The summed E-state index contributed by atoms with van der Waals surface area (Å²) in [5.74, 6) is -0.881. The molecule has 1 aliphatic heterocycles. The second-order valence-corrected chi connectivity index (χ2v) is 5.63. The van der Waals surface area contributed by atoms with Crippen molar-refractivity contribution in [1.29, 1.82) is 0 Å². The zero-order valence-corrected chi connectivity index (χ0v) is 11.8. The van der Waals surface area contributed by atoms with E-state index in [0.717, 1.165) is 25.9 Å². The van der Waals surface area contributed by atoms with Gasteiger partial charge >= 0.3 is 5.97 Å². The van der Waals surface area contributed by atoms with Crippen molar-refractivity contribution in [3.63, 3.8) is 0 Å². The van der Waals surface area contributed by atoms with Crippen LogP contribution in [0.5, 0.6) is 0 Å². The predicted octanol–water partition coefficient (Wildman–Crippen LogP) is 0.0250. The third-order valence-electron chi connectivity index (χ3n) is 3.55. The van der Waals surface area contributed by atoms with Crippen molar-refractivity contribution in [3.8, 4) is 0 Å². The molecule has 6 heteroatoms. The molecule has 0 radical (unpaired) electrons. The highest BCUT2D eigenvalue weighted by Gasteiger charge is 2.22. The number of carbonyl (C=O) groups is 2. The van der Waals surface area contributed by atoms with Gasteiger partial charge in [0, 0.05) is 25.2 Å². The van der Waals surface area contributed by atoms with Gasteiger partial charge in [-0.3, -0.25) is 14.5 Å². The summed E-state index contributed by atoms with van der Waals surface area (Å²) in [5.41, 5.74) is 5.81. The third kappa shape index (κ3) is 6.02. The minimum atomic E-state index is -0.886. The van der Waals surface area contributed by atoms with Crippen molar-refractivity contribution < 1.29 is 14.7 Å². The SMILES string of the molecule is CC(C)C(CC(=O)O)NC(=O)CN1CCC(N)CC1. The number of aliphatic carboxylic acids is 1. The molecule has 1 unspecified atom stereocenters. The van der Waals surface area contributed by atoms with Gasteiger partial charge in [0.2, 0.25) is 5.91 Å². The van der Waals surface area contributed by atoms with Crippen molar-refractivity contribution in [2.45, 2.75) is 45.2 Å². The molecular formula is C13H25N3O3. The first-order valence-electron chi connectivity index (χ1n) is 6.87. The molecule has 0 aromatic carbocycles. The zero-order valence-electron chi connectivity index (χ0n) is 11.8. The fraction of sp³-hybridized carbons (Fsp3) is 0.846. The van der Waals surface area contributed by atoms with E-state index in [1.807, 2.05) is 13.8 Å². The number of hydrogen-bond donors (Lipinski definition) is 3. The molecule has 110 valence electrons. The molecule has 0 saturated carbocycles. The minimum absolute atomic E-state index is 0.0335. The molecule has 0 aliphatic carbocycles. The number of carboxylic acid groups (broad SMARTS) is 1. The second-order valence-electron chi connectivity index (χ2n) is 5.63. The molecule has 4 N–H and O–H groups in total. The van der Waals surface area contributed by atoms with Gasteiger partial charge < -0.3 is 16.2 Å². The summed E-state index contributed by atoms with van der Waals surface area (Å²) < 4.78 is 0. The van der Waals surface area contributed by atoms with Gasteiger partial charge in [0.05, 0.1) is 13.0 Å². The number of nitrogens with one attached hydrogen (secondary N) is 1. The average molecular weight is 271 g/mol. The fourth-order valence-electron chi connectivity index (χ4n) is 2.21. The first-order chi connectivity index (χ1) is 8.88. The van der Waals surface area contributed by atoms with Gasteiger partial charge in [-0.1, -0.05) is 13.8 Å². The molecule has 0 aromatic rings. The number of amides is 1. The van der Waals surface area contributed by atoms with E-state index in [0.29, 0.717) is 6.54 Å². The molecule has 1 saturated heterocycles. The quantitative estimate of drug-likeness (QED) is 0.633. The van der Waals surface area contributed by atoms with Crippen LogP contribution < -0.4 is 11.1 Å². The van der Waals surface area contributed by atoms with Crippen molar-refractivity contribution in [1.82, 2.24) is 10.2 Å². The topological polar surface area (TPSA) is 95.7 Å². The van der Waals surface area contributed by atoms with Gasteiger partial charge in [0.25, 0.3) is 0 Å². The Kier molecular flexibility index (Phi) is 6.24. The molecule has 0 spiro atoms. The van der Waals surface area contributed by atoms with Crippen LogP contribution in [0, 0.1) is 5.92 Å². The van der Waals surface area contributed by atoms with E-state index in [9.17, 15) is 9.59 Å². The largest absolute Gasteiger partial charge is 0.481 e. The number of carbonyl (C=O) groups excluding carboxylic acids is 1. The lowest BCUT2D eigenvalue weighted by Crippen LogP contribution is -2.48. The lowest BCUT2D eigenvalue weighted by molar-refractivity contribution is -0.138. The summed E-state index contributed by atoms with van der Waals surface area (Å²) in [6.45, 7) is 5.82. The van der Waals surface area contributed by atoms with Crippen molar-refractivity contribution in [2.24, 2.45) is 11.7 Å². The highest BCUT2D eigenvalue weighted by molar-refractivity contribution is 5.79. The van der Waals surface area contributed by atoms with Crippen LogP contribution in [0.25, 0.3) is 0 Å². The van der Waals surface area contributed by atoms with Crippen LogP contribution in [0.2, 0.25) is 0 Å². The van der Waals surface area contributed by atoms with Crippen molar-refractivity contribution in [2.75, 3.05) is 19.6 Å². The van der Waals surface area contributed by atoms with Gasteiger partial charge in [-0.15, -0.1) is 0 Å². The summed E-state index contributed by atoms with van der Waals surface area (Å²) in [4.78, 5) is 24.7. The number of piperidine rings is 1. The van der Waals surface area contributed by atoms with Crippen LogP contribution in [0.4, 0.5) is 0 Å². The van der Waals surface area contributed by atoms with E-state index in [1.54, 1.807) is 0 Å². The lowest BCUT2D eigenvalue weighted by atomic mass is 10.0. The lowest BCUT2D eigenvalue weighted by Gasteiger charge is -2.30. The Balaban J connectivity index is 2.37. The van der Waals surface area contributed by atoms with E-state index in [-0.39, 0.29) is 30.3 Å². The Morgan fingerprint density at radius 1 is 1.37 bits per heavy atom. The Labute approximate surface area is 114 Å². The van der Waals surface area contributed by atoms with Crippen molar-refractivity contribution >= 4 is 11.9 Å². The van der Waals surface area contributed by atoms with Crippen LogP contribution >= 0.6 is 0 Å². The molecule has 1 fully saturated rings. The molecule has 0 bridgehead atoms. The Hall–Kier alpha value is -1.14. The van der Waals surface area contributed by atoms with E-state index >= 15 is 0 Å². The van der Waals surface area contributed by atoms with Gasteiger partial charge in [0.1, 0.15) is 0 Å². The summed E-state index contributed by atoms with van der Waals surface area (Å²) >= 11 is 0. The van der Waals surface area contributed by atoms with Crippen LogP contribution in [0.1, 0.15) is 33.1 Å². The number of nitrogens with two attached hydrogens (primary N) is 1. The normalized spacial score (nSPS) is 19.4. The molecule has 1 amide bonds. The third-order valence-corrected chi connectivity index (χ3v) is 3.55. The maximum Gasteiger partial charge on any atom is 0.305 e. The number of nitrogens with zero attached hydrogens (tertiary/aromatic N) is 1. The van der Waals surface area contributed by atoms with Crippen LogP contribution in [0.3, 0.4) is 0 Å². The summed E-state index contributed by atoms with van der Waals surface area (Å²) in [6, 6.07) is -0.0632.